The van der Waals surface area contributed by atoms with Crippen molar-refractivity contribution in [2.45, 2.75) is 72.3 Å². The molecule has 2 saturated carbocycles. The second kappa shape index (κ2) is 17.5. The Morgan fingerprint density at radius 1 is 0.833 bits per heavy atom. The summed E-state index contributed by atoms with van der Waals surface area (Å²) in [5.41, 5.74) is -0.775. The molecule has 1 aliphatic heterocycles. The minimum absolute atomic E-state index is 0.00523. The summed E-state index contributed by atoms with van der Waals surface area (Å²) in [5.74, 6) is -3.18. The van der Waals surface area contributed by atoms with Gasteiger partial charge in [0.25, 0.3) is 0 Å². The van der Waals surface area contributed by atoms with Crippen molar-refractivity contribution in [1.82, 2.24) is 0 Å². The maximum absolute atomic E-state index is 12.3. The van der Waals surface area contributed by atoms with Crippen molar-refractivity contribution in [3.05, 3.63) is 48.6 Å². The number of esters is 4. The molecule has 0 aromatic heterocycles. The second-order valence-corrected chi connectivity index (χ2v) is 13.3. The van der Waals surface area contributed by atoms with Gasteiger partial charge in [-0.15, -0.1) is 0 Å². The van der Waals surface area contributed by atoms with Crippen molar-refractivity contribution >= 4 is 29.8 Å². The van der Waals surface area contributed by atoms with Crippen LogP contribution in [0.2, 0.25) is 0 Å². The van der Waals surface area contributed by atoms with Crippen molar-refractivity contribution in [2.75, 3.05) is 13.2 Å². The van der Waals surface area contributed by atoms with Crippen molar-refractivity contribution in [1.29, 1.82) is 0 Å². The number of hydrogen-bond acceptors (Lipinski definition) is 10. The molecule has 4 aliphatic carbocycles. The molecule has 14 heteroatoms. The number of allylic oxidation sites excluding steroid dienone is 4. The molecule has 48 heavy (non-hydrogen) atoms. The zero-order valence-corrected chi connectivity index (χ0v) is 27.6. The molecular weight excluding hydrogens is 644 g/mol. The third kappa shape index (κ3) is 11.4. The highest BCUT2D eigenvalue weighted by Crippen LogP contribution is 2.48. The third-order valence-electron chi connectivity index (χ3n) is 9.05. The molecule has 1 heterocycles. The first-order valence-corrected chi connectivity index (χ1v) is 15.7. The van der Waals surface area contributed by atoms with Gasteiger partial charge in [0.05, 0.1) is 25.0 Å². The average Bonchev–Trinajstić information content (AvgIpc) is 3.86. The predicted octanol–water partition coefficient (Wildman–Crippen LogP) is 4.67. The maximum atomic E-state index is 12.3. The van der Waals surface area contributed by atoms with E-state index in [9.17, 15) is 51.7 Å². The number of carboxylic acids is 1. The summed E-state index contributed by atoms with van der Waals surface area (Å²) in [6.45, 7) is 9.74. The van der Waals surface area contributed by atoms with Crippen LogP contribution in [0.3, 0.4) is 0 Å². The molecule has 5 rings (SSSR count). The van der Waals surface area contributed by atoms with Gasteiger partial charge in [-0.1, -0.05) is 38.2 Å². The van der Waals surface area contributed by atoms with Crippen LogP contribution < -0.4 is 5.11 Å². The number of hydrogen-bond donors (Lipinski definition) is 1. The Bertz CT molecular complexity index is 1270. The van der Waals surface area contributed by atoms with Gasteiger partial charge >= 0.3 is 36.0 Å². The molecule has 268 valence electrons. The Kier molecular flexibility index (Phi) is 14.8. The van der Waals surface area contributed by atoms with Gasteiger partial charge in [0, 0.05) is 29.5 Å². The van der Waals surface area contributed by atoms with Crippen LogP contribution >= 0.6 is 0 Å². The highest BCUT2D eigenvalue weighted by Gasteiger charge is 2.50. The van der Waals surface area contributed by atoms with E-state index in [1.165, 1.54) is 0 Å². The van der Waals surface area contributed by atoms with Crippen LogP contribution in [-0.4, -0.2) is 53.8 Å². The van der Waals surface area contributed by atoms with E-state index < -0.39 is 53.3 Å². The first-order valence-electron chi connectivity index (χ1n) is 15.7. The monoisotopic (exact) mass is 687 g/mol. The van der Waals surface area contributed by atoms with Gasteiger partial charge in [-0.05, 0) is 76.5 Å². The Hall–Kier alpha value is -3.81. The maximum Gasteiger partial charge on any atom is 0.338 e. The number of carbonyl (C=O) groups is 5. The normalized spacial score (nSPS) is 27.2. The molecule has 2 fully saturated rings. The molecule has 7 unspecified atom stereocenters. The van der Waals surface area contributed by atoms with Gasteiger partial charge in [0.2, 0.25) is 0 Å². The summed E-state index contributed by atoms with van der Waals surface area (Å²) in [4.78, 5) is 55.2. The first-order chi connectivity index (χ1) is 22.4. The highest BCUT2D eigenvalue weighted by molar-refractivity contribution is 6.04. The Labute approximate surface area is 276 Å². The summed E-state index contributed by atoms with van der Waals surface area (Å²) in [7, 11) is 0. The van der Waals surface area contributed by atoms with Crippen LogP contribution in [0.15, 0.2) is 48.6 Å². The SMILES string of the molecule is CC(C)(C)OC(=O)C1CC2C=CC1C2.CCC(CC)(CO)COC(=O)C1C2C=CC(C2)C1C(=O)[O-].FC(F)=C(F)F.O=C1C=CC(=O)O1. The van der Waals surface area contributed by atoms with Crippen LogP contribution in [-0.2, 0) is 38.2 Å². The number of aliphatic carboxylic acids is 1. The third-order valence-corrected chi connectivity index (χ3v) is 9.05. The minimum atomic E-state index is -2.91. The van der Waals surface area contributed by atoms with Crippen molar-refractivity contribution < 1.29 is 66.0 Å². The highest BCUT2D eigenvalue weighted by atomic mass is 19.3. The number of aliphatic hydroxyl groups is 1. The Balaban J connectivity index is 0.000000252. The van der Waals surface area contributed by atoms with E-state index in [-0.39, 0.29) is 42.5 Å². The quantitative estimate of drug-likeness (QED) is 0.125. The van der Waals surface area contributed by atoms with E-state index in [0.717, 1.165) is 25.0 Å². The van der Waals surface area contributed by atoms with Gasteiger partial charge in [-0.2, -0.15) is 17.6 Å². The minimum Gasteiger partial charge on any atom is -0.550 e. The molecule has 0 aromatic rings. The molecule has 5 aliphatic rings. The molecule has 4 bridgehead atoms. The Morgan fingerprint density at radius 2 is 1.35 bits per heavy atom. The van der Waals surface area contributed by atoms with Crippen LogP contribution in [0.1, 0.15) is 66.7 Å². The largest absolute Gasteiger partial charge is 0.550 e. The van der Waals surface area contributed by atoms with E-state index in [2.05, 4.69) is 16.9 Å². The molecule has 1 N–H and O–H groups in total. The first kappa shape index (κ1) is 40.4. The summed E-state index contributed by atoms with van der Waals surface area (Å²) in [6.07, 6.45) is 8.80. The van der Waals surface area contributed by atoms with Crippen molar-refractivity contribution in [3.63, 3.8) is 0 Å². The van der Waals surface area contributed by atoms with E-state index in [1.54, 1.807) is 0 Å². The number of cyclic esters (lactones) is 2. The van der Waals surface area contributed by atoms with Crippen LogP contribution in [0, 0.1) is 46.8 Å². The van der Waals surface area contributed by atoms with Crippen LogP contribution in [0.4, 0.5) is 17.6 Å². The number of halogens is 4. The lowest BCUT2D eigenvalue weighted by molar-refractivity contribution is -0.314. The summed E-state index contributed by atoms with van der Waals surface area (Å²) < 4.78 is 55.9. The predicted molar refractivity (Wildman–Crippen MR) is 160 cm³/mol. The average molecular weight is 688 g/mol. The topological polar surface area (TPSA) is 156 Å². The molecule has 0 saturated heterocycles. The molecule has 10 nitrogen and oxygen atoms in total. The van der Waals surface area contributed by atoms with Gasteiger partial charge in [0.15, 0.2) is 0 Å². The fourth-order valence-corrected chi connectivity index (χ4v) is 6.24. The van der Waals surface area contributed by atoms with E-state index in [4.69, 9.17) is 9.47 Å². The number of aliphatic hydroxyl groups excluding tert-OH is 1. The van der Waals surface area contributed by atoms with Crippen LogP contribution in [0.25, 0.3) is 0 Å². The van der Waals surface area contributed by atoms with E-state index in [1.807, 2.05) is 46.8 Å². The van der Waals surface area contributed by atoms with Crippen molar-refractivity contribution in [3.8, 4) is 0 Å². The zero-order chi connectivity index (χ0) is 36.4. The lowest BCUT2D eigenvalue weighted by Gasteiger charge is -2.31. The smallest absolute Gasteiger partial charge is 0.338 e. The molecular formula is C34H43F4O10-. The summed E-state index contributed by atoms with van der Waals surface area (Å²) in [6, 6.07) is 0. The van der Waals surface area contributed by atoms with Gasteiger partial charge in [-0.25, -0.2) is 9.59 Å². The molecule has 0 aromatic carbocycles. The number of ether oxygens (including phenoxy) is 3. The van der Waals surface area contributed by atoms with Crippen molar-refractivity contribution in [2.24, 2.45) is 46.8 Å². The second-order valence-electron chi connectivity index (χ2n) is 13.3. The fourth-order valence-electron chi connectivity index (χ4n) is 6.24. The fraction of sp³-hybridized carbons (Fsp3) is 0.618. The van der Waals surface area contributed by atoms with Gasteiger partial charge in [0.1, 0.15) is 5.60 Å². The summed E-state index contributed by atoms with van der Waals surface area (Å²) in [5, 5.41) is 20.8. The van der Waals surface area contributed by atoms with E-state index >= 15 is 0 Å². The molecule has 0 spiro atoms. The van der Waals surface area contributed by atoms with E-state index in [0.29, 0.717) is 31.1 Å². The molecule has 0 radical (unpaired) electrons. The number of rotatable bonds is 8. The molecule has 0 amide bonds. The lowest BCUT2D eigenvalue weighted by atomic mass is 9.82. The summed E-state index contributed by atoms with van der Waals surface area (Å²) >= 11 is 0. The zero-order valence-electron chi connectivity index (χ0n) is 27.6. The molecule has 7 atom stereocenters. The lowest BCUT2D eigenvalue weighted by Crippen LogP contribution is -2.42. The Morgan fingerprint density at radius 3 is 1.71 bits per heavy atom. The van der Waals surface area contributed by atoms with Gasteiger partial charge < -0.3 is 29.2 Å². The van der Waals surface area contributed by atoms with Crippen LogP contribution in [0.5, 0.6) is 0 Å². The van der Waals surface area contributed by atoms with Gasteiger partial charge in [-0.3, -0.25) is 9.59 Å². The number of carboxylic acid groups (broad SMARTS) is 1. The number of fused-ring (bicyclic) bond motifs is 4. The number of carbonyl (C=O) groups excluding carboxylic acids is 5. The standard InChI is InChI=1S/C16H24O5.C12H18O2.C4H2O3.C2F4/c1-3-16(4-2,8-17)9-21-15(20)13-11-6-5-10(7-11)12(13)14(18)19;1-12(2,3)14-11(13)10-7-8-4-5-9(10)6-8;5-3-1-2-4(6)7-3;3-1(4)2(5)6/h5-6,10-13,17H,3-4,7-9H2,1-2H3,(H,18,19);4-5,8-10H,6-7H2,1-3H3;1-2H;/p-1.